The molecule has 1 atom stereocenters. The van der Waals surface area contributed by atoms with Crippen LogP contribution in [0.5, 0.6) is 5.75 Å². The number of ketones is 1. The zero-order valence-electron chi connectivity index (χ0n) is 17.9. The summed E-state index contributed by atoms with van der Waals surface area (Å²) < 4.78 is 5.51. The van der Waals surface area contributed by atoms with Gasteiger partial charge >= 0.3 is 0 Å². The summed E-state index contributed by atoms with van der Waals surface area (Å²) in [5.41, 5.74) is 2.43. The fourth-order valence-corrected chi connectivity index (χ4v) is 3.54. The summed E-state index contributed by atoms with van der Waals surface area (Å²) in [6.07, 6.45) is 0. The van der Waals surface area contributed by atoms with Gasteiger partial charge in [-0.1, -0.05) is 42.0 Å². The molecule has 0 radical (unpaired) electrons. The highest BCUT2D eigenvalue weighted by Crippen LogP contribution is 2.39. The summed E-state index contributed by atoms with van der Waals surface area (Å²) >= 11 is 0. The van der Waals surface area contributed by atoms with Crippen LogP contribution in [0.1, 0.15) is 29.7 Å². The first-order chi connectivity index (χ1) is 14.3. The second kappa shape index (κ2) is 9.13. The fourth-order valence-electron chi connectivity index (χ4n) is 3.54. The van der Waals surface area contributed by atoms with Crippen LogP contribution in [0.15, 0.2) is 54.1 Å². The van der Waals surface area contributed by atoms with E-state index in [1.165, 1.54) is 4.90 Å². The molecule has 1 amide bonds. The Kier molecular flexibility index (Phi) is 6.57. The predicted octanol–water partition coefficient (Wildman–Crippen LogP) is 3.38. The summed E-state index contributed by atoms with van der Waals surface area (Å²) in [4.78, 5) is 29.3. The van der Waals surface area contributed by atoms with Gasteiger partial charge in [-0.2, -0.15) is 0 Å². The summed E-state index contributed by atoms with van der Waals surface area (Å²) in [6, 6.07) is 13.9. The lowest BCUT2D eigenvalue weighted by Gasteiger charge is -2.26. The van der Waals surface area contributed by atoms with Crippen molar-refractivity contribution >= 4 is 17.4 Å². The van der Waals surface area contributed by atoms with Crippen LogP contribution in [-0.4, -0.2) is 60.4 Å². The van der Waals surface area contributed by atoms with Crippen LogP contribution in [0.2, 0.25) is 0 Å². The van der Waals surface area contributed by atoms with Gasteiger partial charge in [0.15, 0.2) is 0 Å². The SMILES string of the molecule is CCOc1ccc(C2/C(=C(\O)c3ccc(C)cc3)C(=O)C(=O)N2CCN(C)C)cc1. The van der Waals surface area contributed by atoms with E-state index in [-0.39, 0.29) is 11.3 Å². The molecule has 1 aliphatic rings. The molecule has 1 fully saturated rings. The number of hydrogen-bond acceptors (Lipinski definition) is 5. The molecule has 30 heavy (non-hydrogen) atoms. The van der Waals surface area contributed by atoms with Gasteiger partial charge in [-0.25, -0.2) is 0 Å². The van der Waals surface area contributed by atoms with Crippen molar-refractivity contribution < 1.29 is 19.4 Å². The lowest BCUT2D eigenvalue weighted by atomic mass is 9.95. The molecule has 3 rings (SSSR count). The first-order valence-electron chi connectivity index (χ1n) is 10.1. The predicted molar refractivity (Wildman–Crippen MR) is 116 cm³/mol. The molecule has 2 aromatic rings. The van der Waals surface area contributed by atoms with Gasteiger partial charge < -0.3 is 19.6 Å². The lowest BCUT2D eigenvalue weighted by molar-refractivity contribution is -0.140. The number of ether oxygens (including phenoxy) is 1. The van der Waals surface area contributed by atoms with Crippen LogP contribution < -0.4 is 4.74 Å². The quantitative estimate of drug-likeness (QED) is 0.432. The highest BCUT2D eigenvalue weighted by Gasteiger charge is 2.45. The maximum absolute atomic E-state index is 12.9. The van der Waals surface area contributed by atoms with E-state index in [0.29, 0.717) is 31.0 Å². The molecular formula is C24H28N2O4. The summed E-state index contributed by atoms with van der Waals surface area (Å²) in [7, 11) is 3.82. The number of benzene rings is 2. The molecule has 158 valence electrons. The third-order valence-corrected chi connectivity index (χ3v) is 5.16. The van der Waals surface area contributed by atoms with Gasteiger partial charge in [-0.15, -0.1) is 0 Å². The summed E-state index contributed by atoms with van der Waals surface area (Å²) in [5, 5.41) is 11.0. The van der Waals surface area contributed by atoms with Crippen LogP contribution in [0.4, 0.5) is 0 Å². The Morgan fingerprint density at radius 3 is 2.27 bits per heavy atom. The van der Waals surface area contributed by atoms with Gasteiger partial charge in [-0.05, 0) is 45.6 Å². The fraction of sp³-hybridized carbons (Fsp3) is 0.333. The lowest BCUT2D eigenvalue weighted by Crippen LogP contribution is -2.35. The molecule has 0 bridgehead atoms. The van der Waals surface area contributed by atoms with Gasteiger partial charge in [0, 0.05) is 18.7 Å². The largest absolute Gasteiger partial charge is 0.507 e. The summed E-state index contributed by atoms with van der Waals surface area (Å²) in [5.74, 6) is -0.695. The minimum absolute atomic E-state index is 0.117. The van der Waals surface area contributed by atoms with Crippen LogP contribution in [0, 0.1) is 6.92 Å². The Bertz CT molecular complexity index is 946. The van der Waals surface area contributed by atoms with E-state index in [0.717, 1.165) is 11.1 Å². The number of aryl methyl sites for hydroxylation is 1. The second-order valence-electron chi connectivity index (χ2n) is 7.66. The Balaban J connectivity index is 2.10. The molecule has 2 aromatic carbocycles. The van der Waals surface area contributed by atoms with Crippen molar-refractivity contribution in [1.29, 1.82) is 0 Å². The number of aliphatic hydroxyl groups is 1. The Morgan fingerprint density at radius 2 is 1.70 bits per heavy atom. The second-order valence-corrected chi connectivity index (χ2v) is 7.66. The number of carbonyl (C=O) groups is 2. The standard InChI is InChI=1S/C24H28N2O4/c1-5-30-19-12-10-17(11-13-19)21-20(22(27)18-8-6-16(2)7-9-18)23(28)24(29)26(21)15-14-25(3)4/h6-13,21,27H,5,14-15H2,1-4H3/b22-20+. The first-order valence-corrected chi connectivity index (χ1v) is 10.1. The van der Waals surface area contributed by atoms with E-state index in [9.17, 15) is 14.7 Å². The minimum Gasteiger partial charge on any atom is -0.507 e. The Morgan fingerprint density at radius 1 is 1.07 bits per heavy atom. The zero-order valence-corrected chi connectivity index (χ0v) is 17.9. The summed E-state index contributed by atoms with van der Waals surface area (Å²) in [6.45, 7) is 5.38. The van der Waals surface area contributed by atoms with E-state index < -0.39 is 17.7 Å². The number of aliphatic hydroxyl groups excluding tert-OH is 1. The zero-order chi connectivity index (χ0) is 21.8. The Labute approximate surface area is 177 Å². The average Bonchev–Trinajstić information content (AvgIpc) is 2.98. The van der Waals surface area contributed by atoms with Gasteiger partial charge in [0.05, 0.1) is 18.2 Å². The molecular weight excluding hydrogens is 380 g/mol. The third kappa shape index (κ3) is 4.39. The minimum atomic E-state index is -0.661. The van der Waals surface area contributed by atoms with E-state index in [4.69, 9.17) is 4.74 Å². The highest BCUT2D eigenvalue weighted by molar-refractivity contribution is 6.46. The highest BCUT2D eigenvalue weighted by atomic mass is 16.5. The van der Waals surface area contributed by atoms with Crippen molar-refractivity contribution in [2.45, 2.75) is 19.9 Å². The molecule has 1 unspecified atom stereocenters. The number of carbonyl (C=O) groups excluding carboxylic acids is 2. The van der Waals surface area contributed by atoms with Crippen molar-refractivity contribution in [3.8, 4) is 5.75 Å². The van der Waals surface area contributed by atoms with Crippen molar-refractivity contribution in [2.75, 3.05) is 33.8 Å². The van der Waals surface area contributed by atoms with Gasteiger partial charge in [0.1, 0.15) is 11.5 Å². The van der Waals surface area contributed by atoms with E-state index in [2.05, 4.69) is 0 Å². The molecule has 0 aromatic heterocycles. The normalized spacial score (nSPS) is 18.3. The topological polar surface area (TPSA) is 70.1 Å². The molecule has 6 nitrogen and oxygen atoms in total. The van der Waals surface area contributed by atoms with E-state index >= 15 is 0 Å². The average molecular weight is 408 g/mol. The van der Waals surface area contributed by atoms with Crippen LogP contribution in [-0.2, 0) is 9.59 Å². The molecule has 1 aliphatic heterocycles. The van der Waals surface area contributed by atoms with Crippen LogP contribution in [0.25, 0.3) is 5.76 Å². The molecule has 0 saturated carbocycles. The van der Waals surface area contributed by atoms with Crippen molar-refractivity contribution in [1.82, 2.24) is 9.80 Å². The molecule has 1 N–H and O–H groups in total. The number of likely N-dealkylation sites (N-methyl/N-ethyl adjacent to an activating group) is 1. The molecule has 1 heterocycles. The monoisotopic (exact) mass is 408 g/mol. The van der Waals surface area contributed by atoms with Crippen molar-refractivity contribution in [3.05, 3.63) is 70.8 Å². The molecule has 0 aliphatic carbocycles. The van der Waals surface area contributed by atoms with Gasteiger partial charge in [0.25, 0.3) is 11.7 Å². The molecule has 1 saturated heterocycles. The number of nitrogens with zero attached hydrogens (tertiary/aromatic N) is 2. The molecule has 0 spiro atoms. The Hall–Kier alpha value is -3.12. The van der Waals surface area contributed by atoms with Crippen LogP contribution in [0.3, 0.4) is 0 Å². The van der Waals surface area contributed by atoms with E-state index in [1.807, 2.05) is 69.2 Å². The van der Waals surface area contributed by atoms with Crippen LogP contribution >= 0.6 is 0 Å². The number of Topliss-reactive ketones (excluding diaryl/α,β-unsaturated/α-hetero) is 1. The third-order valence-electron chi connectivity index (χ3n) is 5.16. The number of rotatable bonds is 7. The van der Waals surface area contributed by atoms with Crippen molar-refractivity contribution in [2.24, 2.45) is 0 Å². The first kappa shape index (κ1) is 21.6. The number of amides is 1. The smallest absolute Gasteiger partial charge is 0.295 e. The van der Waals surface area contributed by atoms with E-state index in [1.54, 1.807) is 12.1 Å². The van der Waals surface area contributed by atoms with Gasteiger partial charge in [-0.3, -0.25) is 9.59 Å². The van der Waals surface area contributed by atoms with Gasteiger partial charge in [0.2, 0.25) is 0 Å². The molecule has 6 heteroatoms. The maximum Gasteiger partial charge on any atom is 0.295 e. The van der Waals surface area contributed by atoms with Crippen molar-refractivity contribution in [3.63, 3.8) is 0 Å². The number of likely N-dealkylation sites (tertiary alicyclic amines) is 1. The number of hydrogen-bond donors (Lipinski definition) is 1. The maximum atomic E-state index is 12.9.